The van der Waals surface area contributed by atoms with E-state index in [1.165, 1.54) is 41.0 Å². The van der Waals surface area contributed by atoms with Gasteiger partial charge in [-0.2, -0.15) is 4.31 Å². The maximum atomic E-state index is 13.2. The maximum Gasteiger partial charge on any atom is 0.248 e. The molecule has 0 atom stereocenters. The van der Waals surface area contributed by atoms with E-state index in [0.29, 0.717) is 30.3 Å². The highest BCUT2D eigenvalue weighted by Gasteiger charge is 2.27. The quantitative estimate of drug-likeness (QED) is 0.449. The molecule has 2 aromatic carbocycles. The van der Waals surface area contributed by atoms with Crippen LogP contribution in [0.25, 0.3) is 6.08 Å². The summed E-state index contributed by atoms with van der Waals surface area (Å²) in [6.45, 7) is 0.972. The Kier molecular flexibility index (Phi) is 7.61. The predicted molar refractivity (Wildman–Crippen MR) is 132 cm³/mol. The van der Waals surface area contributed by atoms with E-state index in [0.717, 1.165) is 19.3 Å². The lowest BCUT2D eigenvalue weighted by Crippen LogP contribution is -2.35. The summed E-state index contributed by atoms with van der Waals surface area (Å²) in [5.41, 5.74) is 2.56. The summed E-state index contributed by atoms with van der Waals surface area (Å²) >= 11 is 1.42. The number of carbonyl (C=O) groups excluding carboxylic acids is 1. The van der Waals surface area contributed by atoms with Gasteiger partial charge in [0, 0.05) is 24.5 Å². The number of nitrogens with zero attached hydrogens (tertiary/aromatic N) is 2. The molecule has 8 nitrogen and oxygen atoms in total. The topological polar surface area (TPSA) is 97.8 Å². The normalized spacial score (nSPS) is 14.7. The second kappa shape index (κ2) is 10.8. The summed E-state index contributed by atoms with van der Waals surface area (Å²) in [7, 11) is -2.17. The van der Waals surface area contributed by atoms with Crippen molar-refractivity contribution in [2.24, 2.45) is 0 Å². The fourth-order valence-corrected chi connectivity index (χ4v) is 5.64. The third kappa shape index (κ3) is 5.64. The van der Waals surface area contributed by atoms with Gasteiger partial charge in [0.2, 0.25) is 15.9 Å². The molecule has 1 fully saturated rings. The number of hydrogen-bond acceptors (Lipinski definition) is 7. The van der Waals surface area contributed by atoms with Crippen LogP contribution in [0.1, 0.15) is 25.0 Å². The van der Waals surface area contributed by atoms with Crippen molar-refractivity contribution >= 4 is 39.0 Å². The van der Waals surface area contributed by atoms with E-state index in [9.17, 15) is 13.2 Å². The molecular formula is C24H25N3O5S2. The van der Waals surface area contributed by atoms with E-state index >= 15 is 0 Å². The first-order valence-corrected chi connectivity index (χ1v) is 13.2. The zero-order chi connectivity index (χ0) is 24.0. The molecule has 4 rings (SSSR count). The van der Waals surface area contributed by atoms with Crippen LogP contribution >= 0.6 is 11.3 Å². The zero-order valence-electron chi connectivity index (χ0n) is 18.6. The molecule has 34 heavy (non-hydrogen) atoms. The van der Waals surface area contributed by atoms with Crippen LogP contribution in [0.2, 0.25) is 0 Å². The average Bonchev–Trinajstić information content (AvgIpc) is 3.38. The summed E-state index contributed by atoms with van der Waals surface area (Å²) in [4.78, 5) is 16.8. The number of ether oxygens (including phenoxy) is 2. The molecule has 1 aliphatic heterocycles. The first kappa shape index (κ1) is 23.9. The smallest absolute Gasteiger partial charge is 0.248 e. The van der Waals surface area contributed by atoms with Gasteiger partial charge in [-0.1, -0.05) is 18.6 Å². The Morgan fingerprint density at radius 1 is 1.09 bits per heavy atom. The third-order valence-corrected chi connectivity index (χ3v) is 7.81. The number of carbonyl (C=O) groups is 1. The molecule has 0 saturated carbocycles. The molecule has 1 amide bonds. The Labute approximate surface area is 202 Å². The maximum absolute atomic E-state index is 13.2. The van der Waals surface area contributed by atoms with Gasteiger partial charge in [0.25, 0.3) is 0 Å². The number of amides is 1. The van der Waals surface area contributed by atoms with Crippen LogP contribution in [0.15, 0.2) is 64.3 Å². The highest BCUT2D eigenvalue weighted by atomic mass is 32.2. The van der Waals surface area contributed by atoms with E-state index < -0.39 is 15.9 Å². The SMILES string of the molecule is COc1ccccc1Oc1ccc(S(=O)(=O)N2CCCCC2)cc1NC(=O)/C=C/c1cscn1. The van der Waals surface area contributed by atoms with E-state index in [2.05, 4.69) is 10.3 Å². The molecule has 0 spiro atoms. The van der Waals surface area contributed by atoms with Crippen molar-refractivity contribution in [1.82, 2.24) is 9.29 Å². The second-order valence-electron chi connectivity index (χ2n) is 7.61. The van der Waals surface area contributed by atoms with Crippen molar-refractivity contribution < 1.29 is 22.7 Å². The molecule has 0 bridgehead atoms. The second-order valence-corrected chi connectivity index (χ2v) is 10.3. The summed E-state index contributed by atoms with van der Waals surface area (Å²) in [6, 6.07) is 11.6. The summed E-state index contributed by atoms with van der Waals surface area (Å²) in [6.07, 6.45) is 5.61. The average molecular weight is 500 g/mol. The van der Waals surface area contributed by atoms with Gasteiger partial charge in [0.1, 0.15) is 0 Å². The standard InChI is InChI=1S/C24H25N3O5S2/c1-31-22-7-3-4-8-23(22)32-21-11-10-19(34(29,30)27-13-5-2-6-14-27)15-20(21)26-24(28)12-9-18-16-33-17-25-18/h3-4,7-12,15-17H,2,5-6,13-14H2,1H3,(H,26,28)/b12-9+. The number of piperidine rings is 1. The van der Waals surface area contributed by atoms with Crippen molar-refractivity contribution in [2.45, 2.75) is 24.2 Å². The summed E-state index contributed by atoms with van der Waals surface area (Å²) < 4.78 is 39.3. The van der Waals surface area contributed by atoms with Gasteiger partial charge in [-0.15, -0.1) is 11.3 Å². The number of sulfonamides is 1. The Balaban J connectivity index is 1.66. The van der Waals surface area contributed by atoms with Gasteiger partial charge in [-0.05, 0) is 49.2 Å². The van der Waals surface area contributed by atoms with Gasteiger partial charge in [-0.25, -0.2) is 13.4 Å². The van der Waals surface area contributed by atoms with Gasteiger partial charge in [-0.3, -0.25) is 4.79 Å². The van der Waals surface area contributed by atoms with Crippen LogP contribution < -0.4 is 14.8 Å². The van der Waals surface area contributed by atoms with Crippen molar-refractivity contribution in [1.29, 1.82) is 0 Å². The Hall–Kier alpha value is -3.21. The number of benzene rings is 2. The molecule has 2 heterocycles. The molecular weight excluding hydrogens is 474 g/mol. The van der Waals surface area contributed by atoms with Crippen molar-refractivity contribution in [2.75, 3.05) is 25.5 Å². The molecule has 10 heteroatoms. The number of methoxy groups -OCH3 is 1. The zero-order valence-corrected chi connectivity index (χ0v) is 20.3. The minimum absolute atomic E-state index is 0.0977. The Morgan fingerprint density at radius 2 is 1.85 bits per heavy atom. The lowest BCUT2D eigenvalue weighted by molar-refractivity contribution is -0.111. The largest absolute Gasteiger partial charge is 0.493 e. The lowest BCUT2D eigenvalue weighted by atomic mass is 10.2. The summed E-state index contributed by atoms with van der Waals surface area (Å²) in [5, 5.41) is 4.56. The van der Waals surface area contributed by atoms with Gasteiger partial charge < -0.3 is 14.8 Å². The number of nitrogens with one attached hydrogen (secondary N) is 1. The molecule has 0 unspecified atom stereocenters. The van der Waals surface area contributed by atoms with Crippen LogP contribution in [0.5, 0.6) is 17.2 Å². The number of para-hydroxylation sites is 2. The molecule has 0 aliphatic carbocycles. The minimum atomic E-state index is -3.70. The van der Waals surface area contributed by atoms with Gasteiger partial charge >= 0.3 is 0 Å². The third-order valence-electron chi connectivity index (χ3n) is 5.31. The monoisotopic (exact) mass is 499 g/mol. The van der Waals surface area contributed by atoms with Crippen LogP contribution in [0, 0.1) is 0 Å². The van der Waals surface area contributed by atoms with Crippen molar-refractivity contribution in [3.05, 3.63) is 65.1 Å². The molecule has 1 aromatic heterocycles. The van der Waals surface area contributed by atoms with Crippen LogP contribution in [0.4, 0.5) is 5.69 Å². The Bertz CT molecular complexity index is 1270. The van der Waals surface area contributed by atoms with Crippen LogP contribution in [-0.4, -0.2) is 43.8 Å². The molecule has 1 aliphatic rings. The fraction of sp³-hybridized carbons (Fsp3) is 0.250. The first-order valence-electron chi connectivity index (χ1n) is 10.8. The molecule has 1 saturated heterocycles. The van der Waals surface area contributed by atoms with Crippen molar-refractivity contribution in [3.63, 3.8) is 0 Å². The van der Waals surface area contributed by atoms with Gasteiger partial charge in [0.15, 0.2) is 17.2 Å². The number of thiazole rings is 1. The molecule has 3 aromatic rings. The van der Waals surface area contributed by atoms with Crippen LogP contribution in [0.3, 0.4) is 0 Å². The van der Waals surface area contributed by atoms with Gasteiger partial charge in [0.05, 0.1) is 28.9 Å². The molecule has 178 valence electrons. The number of rotatable bonds is 8. The molecule has 0 radical (unpaired) electrons. The fourth-order valence-electron chi connectivity index (χ4n) is 3.57. The number of aromatic nitrogens is 1. The van der Waals surface area contributed by atoms with E-state index in [-0.39, 0.29) is 16.3 Å². The lowest BCUT2D eigenvalue weighted by Gasteiger charge is -2.26. The van der Waals surface area contributed by atoms with E-state index in [1.807, 2.05) is 11.4 Å². The number of anilines is 1. The Morgan fingerprint density at radius 3 is 2.56 bits per heavy atom. The van der Waals surface area contributed by atoms with E-state index in [4.69, 9.17) is 9.47 Å². The number of hydrogen-bond donors (Lipinski definition) is 1. The highest BCUT2D eigenvalue weighted by Crippen LogP contribution is 2.37. The summed E-state index contributed by atoms with van der Waals surface area (Å²) in [5.74, 6) is 0.793. The van der Waals surface area contributed by atoms with E-state index in [1.54, 1.807) is 35.9 Å². The van der Waals surface area contributed by atoms with Crippen molar-refractivity contribution in [3.8, 4) is 17.2 Å². The minimum Gasteiger partial charge on any atom is -0.493 e. The first-order chi connectivity index (χ1) is 16.5. The molecule has 1 N–H and O–H groups in total. The van der Waals surface area contributed by atoms with Crippen LogP contribution in [-0.2, 0) is 14.8 Å². The highest BCUT2D eigenvalue weighted by molar-refractivity contribution is 7.89. The predicted octanol–water partition coefficient (Wildman–Crippen LogP) is 4.77.